The van der Waals surface area contributed by atoms with E-state index in [1.807, 2.05) is 6.07 Å². The van der Waals surface area contributed by atoms with Gasteiger partial charge < -0.3 is 5.32 Å². The van der Waals surface area contributed by atoms with E-state index >= 15 is 0 Å². The van der Waals surface area contributed by atoms with Gasteiger partial charge in [0.15, 0.2) is 0 Å². The zero-order valence-electron chi connectivity index (χ0n) is 8.26. The second kappa shape index (κ2) is 4.14. The molecule has 4 heteroatoms. The fourth-order valence-corrected chi connectivity index (χ4v) is 1.99. The van der Waals surface area contributed by atoms with Crippen molar-refractivity contribution in [2.24, 2.45) is 11.8 Å². The molecule has 0 aromatic heterocycles. The van der Waals surface area contributed by atoms with Crippen molar-refractivity contribution in [3.63, 3.8) is 0 Å². The van der Waals surface area contributed by atoms with Crippen molar-refractivity contribution < 1.29 is 4.79 Å². The molecule has 1 aliphatic carbocycles. The van der Waals surface area contributed by atoms with Crippen molar-refractivity contribution in [1.29, 1.82) is 0 Å². The first-order chi connectivity index (χ1) is 7.08. The summed E-state index contributed by atoms with van der Waals surface area (Å²) >= 11 is 9.17. The lowest BCUT2D eigenvalue weighted by Crippen LogP contribution is -2.14. The van der Waals surface area contributed by atoms with Crippen LogP contribution in [-0.2, 0) is 4.79 Å². The second-order valence-electron chi connectivity index (χ2n) is 3.94. The number of nitrogens with one attached hydrogen (secondary N) is 1. The first kappa shape index (κ1) is 11.0. The number of hydrogen-bond donors (Lipinski definition) is 1. The maximum absolute atomic E-state index is 11.6. The van der Waals surface area contributed by atoms with Gasteiger partial charge >= 0.3 is 0 Å². The molecule has 0 radical (unpaired) electrons. The first-order valence-corrected chi connectivity index (χ1v) is 6.01. The molecule has 0 heterocycles. The largest absolute Gasteiger partial charge is 0.326 e. The van der Waals surface area contributed by atoms with Crippen molar-refractivity contribution in [2.75, 3.05) is 5.32 Å². The fraction of sp³-hybridized carbons (Fsp3) is 0.364. The van der Waals surface area contributed by atoms with Crippen LogP contribution in [0.1, 0.15) is 13.3 Å². The van der Waals surface area contributed by atoms with E-state index in [1.54, 1.807) is 12.1 Å². The average molecular weight is 289 g/mol. The van der Waals surface area contributed by atoms with E-state index in [9.17, 15) is 4.79 Å². The van der Waals surface area contributed by atoms with Crippen LogP contribution in [0.5, 0.6) is 0 Å². The molecule has 1 saturated carbocycles. The predicted molar refractivity (Wildman–Crippen MR) is 65.1 cm³/mol. The van der Waals surface area contributed by atoms with Crippen molar-refractivity contribution in [1.82, 2.24) is 0 Å². The van der Waals surface area contributed by atoms with Crippen LogP contribution in [0.15, 0.2) is 22.7 Å². The van der Waals surface area contributed by atoms with Gasteiger partial charge in [0.25, 0.3) is 0 Å². The maximum Gasteiger partial charge on any atom is 0.227 e. The zero-order chi connectivity index (χ0) is 11.0. The molecule has 1 aliphatic rings. The van der Waals surface area contributed by atoms with Crippen LogP contribution in [0.3, 0.4) is 0 Å². The van der Waals surface area contributed by atoms with Crippen LogP contribution in [0.25, 0.3) is 0 Å². The van der Waals surface area contributed by atoms with Gasteiger partial charge in [-0.2, -0.15) is 0 Å². The Balaban J connectivity index is 2.04. The van der Waals surface area contributed by atoms with Gasteiger partial charge in [0.2, 0.25) is 5.91 Å². The molecule has 2 rings (SSSR count). The monoisotopic (exact) mass is 287 g/mol. The third-order valence-corrected chi connectivity index (χ3v) is 3.85. The summed E-state index contributed by atoms with van der Waals surface area (Å²) in [5.74, 6) is 0.830. The lowest BCUT2D eigenvalue weighted by molar-refractivity contribution is -0.117. The Morgan fingerprint density at radius 2 is 2.27 bits per heavy atom. The van der Waals surface area contributed by atoms with Crippen LogP contribution in [0.2, 0.25) is 5.02 Å². The van der Waals surface area contributed by atoms with Crippen LogP contribution in [-0.4, -0.2) is 5.91 Å². The van der Waals surface area contributed by atoms with Crippen molar-refractivity contribution in [3.05, 3.63) is 27.7 Å². The lowest BCUT2D eigenvalue weighted by Gasteiger charge is -2.05. The second-order valence-corrected chi connectivity index (χ2v) is 5.20. The highest BCUT2D eigenvalue weighted by Crippen LogP contribution is 2.38. The smallest absolute Gasteiger partial charge is 0.227 e. The van der Waals surface area contributed by atoms with E-state index in [4.69, 9.17) is 11.6 Å². The Labute approximate surface area is 102 Å². The topological polar surface area (TPSA) is 29.1 Å². The lowest BCUT2D eigenvalue weighted by atomic mass is 10.3. The van der Waals surface area contributed by atoms with Crippen LogP contribution < -0.4 is 5.32 Å². The number of rotatable bonds is 2. The van der Waals surface area contributed by atoms with Gasteiger partial charge in [-0.05, 0) is 46.5 Å². The molecule has 2 unspecified atom stereocenters. The number of carbonyl (C=O) groups excluding carboxylic acids is 1. The van der Waals surface area contributed by atoms with E-state index in [1.165, 1.54) is 0 Å². The quantitative estimate of drug-likeness (QED) is 0.883. The number of hydrogen-bond acceptors (Lipinski definition) is 1. The number of amides is 1. The van der Waals surface area contributed by atoms with Gasteiger partial charge in [-0.3, -0.25) is 4.79 Å². The van der Waals surface area contributed by atoms with Gasteiger partial charge in [0.05, 0.1) is 5.02 Å². The Kier molecular flexibility index (Phi) is 3.03. The van der Waals surface area contributed by atoms with Crippen LogP contribution >= 0.6 is 27.5 Å². The molecule has 15 heavy (non-hydrogen) atoms. The van der Waals surface area contributed by atoms with Gasteiger partial charge in [0.1, 0.15) is 0 Å². The number of carbonyl (C=O) groups is 1. The van der Waals surface area contributed by atoms with E-state index in [0.717, 1.165) is 16.6 Å². The zero-order valence-corrected chi connectivity index (χ0v) is 10.6. The minimum Gasteiger partial charge on any atom is -0.326 e. The molecule has 0 aliphatic heterocycles. The highest BCUT2D eigenvalue weighted by molar-refractivity contribution is 9.10. The summed E-state index contributed by atoms with van der Waals surface area (Å²) in [4.78, 5) is 11.6. The SMILES string of the molecule is CC1CC1C(=O)Nc1ccc(Cl)c(Br)c1. The standard InChI is InChI=1S/C11H11BrClNO/c1-6-4-8(6)11(15)14-7-2-3-10(13)9(12)5-7/h2-3,5-6,8H,4H2,1H3,(H,14,15). The molecule has 0 spiro atoms. The summed E-state index contributed by atoms with van der Waals surface area (Å²) in [5.41, 5.74) is 0.787. The molecule has 1 amide bonds. The summed E-state index contributed by atoms with van der Waals surface area (Å²) in [6.45, 7) is 2.09. The Morgan fingerprint density at radius 1 is 1.60 bits per heavy atom. The molecule has 1 aromatic carbocycles. The maximum atomic E-state index is 11.6. The van der Waals surface area contributed by atoms with E-state index in [2.05, 4.69) is 28.2 Å². The molecule has 2 atom stereocenters. The molecule has 1 N–H and O–H groups in total. The third-order valence-electron chi connectivity index (χ3n) is 2.63. The highest BCUT2D eigenvalue weighted by Gasteiger charge is 2.39. The van der Waals surface area contributed by atoms with E-state index < -0.39 is 0 Å². The molecule has 1 aromatic rings. The van der Waals surface area contributed by atoms with Gasteiger partial charge in [-0.1, -0.05) is 18.5 Å². The van der Waals surface area contributed by atoms with Gasteiger partial charge in [-0.15, -0.1) is 0 Å². The number of halogens is 2. The molecule has 80 valence electrons. The Bertz CT molecular complexity index is 408. The van der Waals surface area contributed by atoms with E-state index in [-0.39, 0.29) is 11.8 Å². The van der Waals surface area contributed by atoms with Crippen LogP contribution in [0.4, 0.5) is 5.69 Å². The molecular formula is C11H11BrClNO. The normalized spacial score (nSPS) is 23.7. The van der Waals surface area contributed by atoms with Crippen molar-refractivity contribution >= 4 is 39.1 Å². The molecular weight excluding hydrogens is 277 g/mol. The summed E-state index contributed by atoms with van der Waals surface area (Å²) in [6.07, 6.45) is 1.00. The Morgan fingerprint density at radius 3 is 2.80 bits per heavy atom. The molecule has 2 nitrogen and oxygen atoms in total. The average Bonchev–Trinajstić information content (AvgIpc) is 2.89. The summed E-state index contributed by atoms with van der Waals surface area (Å²) in [7, 11) is 0. The number of benzene rings is 1. The molecule has 0 saturated heterocycles. The highest BCUT2D eigenvalue weighted by atomic mass is 79.9. The van der Waals surface area contributed by atoms with Crippen molar-refractivity contribution in [3.8, 4) is 0 Å². The predicted octanol–water partition coefficient (Wildman–Crippen LogP) is 3.70. The minimum atomic E-state index is 0.108. The van der Waals surface area contributed by atoms with Gasteiger partial charge in [-0.25, -0.2) is 0 Å². The fourth-order valence-electron chi connectivity index (χ4n) is 1.50. The minimum absolute atomic E-state index is 0.108. The van der Waals surface area contributed by atoms with E-state index in [0.29, 0.717) is 10.9 Å². The van der Waals surface area contributed by atoms with Crippen LogP contribution in [0, 0.1) is 11.8 Å². The summed E-state index contributed by atoms with van der Waals surface area (Å²) in [6, 6.07) is 5.38. The summed E-state index contributed by atoms with van der Waals surface area (Å²) < 4.78 is 0.797. The first-order valence-electron chi connectivity index (χ1n) is 4.84. The number of anilines is 1. The van der Waals surface area contributed by atoms with Crippen molar-refractivity contribution in [2.45, 2.75) is 13.3 Å². The summed E-state index contributed by atoms with van der Waals surface area (Å²) in [5, 5.41) is 3.52. The Hall–Kier alpha value is -0.540. The third kappa shape index (κ3) is 2.52. The van der Waals surface area contributed by atoms with Gasteiger partial charge in [0, 0.05) is 16.1 Å². The molecule has 0 bridgehead atoms. The molecule has 1 fully saturated rings.